The highest BCUT2D eigenvalue weighted by molar-refractivity contribution is 6.45. The molecule has 0 spiro atoms. The summed E-state index contributed by atoms with van der Waals surface area (Å²) in [6.07, 6.45) is -0.884. The Labute approximate surface area is 138 Å². The number of carbonyl (C=O) groups is 2. The zero-order valence-electron chi connectivity index (χ0n) is 11.9. The van der Waals surface area contributed by atoms with Gasteiger partial charge in [-0.15, -0.1) is 0 Å². The van der Waals surface area contributed by atoms with E-state index in [1.807, 2.05) is 0 Å². The van der Waals surface area contributed by atoms with Gasteiger partial charge >= 0.3 is 5.97 Å². The SMILES string of the molecule is C=C(CC)C(=O)c1ccc(O[C@@H](CCO)C(=O)O)c(Cl)c1Cl. The van der Waals surface area contributed by atoms with Crippen molar-refractivity contribution in [1.29, 1.82) is 0 Å². The van der Waals surface area contributed by atoms with Crippen LogP contribution in [-0.2, 0) is 4.79 Å². The van der Waals surface area contributed by atoms with Gasteiger partial charge in [0, 0.05) is 18.6 Å². The first kappa shape index (κ1) is 18.5. The molecule has 0 saturated heterocycles. The minimum absolute atomic E-state index is 0.0214. The van der Waals surface area contributed by atoms with Crippen LogP contribution >= 0.6 is 23.2 Å². The summed E-state index contributed by atoms with van der Waals surface area (Å²) >= 11 is 12.1. The average molecular weight is 347 g/mol. The number of ether oxygens (including phenoxy) is 1. The zero-order chi connectivity index (χ0) is 16.9. The van der Waals surface area contributed by atoms with E-state index >= 15 is 0 Å². The van der Waals surface area contributed by atoms with Gasteiger partial charge in [-0.1, -0.05) is 36.7 Å². The fourth-order valence-electron chi connectivity index (χ4n) is 1.65. The van der Waals surface area contributed by atoms with E-state index < -0.39 is 12.1 Å². The third-order valence-electron chi connectivity index (χ3n) is 2.98. The molecule has 120 valence electrons. The molecule has 1 atom stereocenters. The number of hydrogen-bond donors (Lipinski definition) is 2. The predicted molar refractivity (Wildman–Crippen MR) is 84.0 cm³/mol. The van der Waals surface area contributed by atoms with Gasteiger partial charge < -0.3 is 14.9 Å². The molecule has 0 saturated carbocycles. The number of hydrogen-bond acceptors (Lipinski definition) is 4. The highest BCUT2D eigenvalue weighted by Crippen LogP contribution is 2.36. The van der Waals surface area contributed by atoms with E-state index in [2.05, 4.69) is 6.58 Å². The summed E-state index contributed by atoms with van der Waals surface area (Å²) in [5.41, 5.74) is 0.565. The molecule has 7 heteroatoms. The maximum Gasteiger partial charge on any atom is 0.344 e. The largest absolute Gasteiger partial charge is 0.479 e. The van der Waals surface area contributed by atoms with Crippen molar-refractivity contribution >= 4 is 35.0 Å². The smallest absolute Gasteiger partial charge is 0.344 e. The monoisotopic (exact) mass is 346 g/mol. The number of aliphatic hydroxyl groups is 1. The number of carboxylic acid groups (broad SMARTS) is 1. The molecule has 0 aromatic heterocycles. The molecule has 0 aliphatic heterocycles. The van der Waals surface area contributed by atoms with Gasteiger partial charge in [-0.25, -0.2) is 4.79 Å². The van der Waals surface area contributed by atoms with Crippen LogP contribution in [0.25, 0.3) is 0 Å². The summed E-state index contributed by atoms with van der Waals surface area (Å²) in [5.74, 6) is -1.53. The molecule has 0 aliphatic rings. The van der Waals surface area contributed by atoms with Crippen molar-refractivity contribution < 1.29 is 24.5 Å². The standard InChI is InChI=1S/C15H16Cl2O5/c1-3-8(2)14(19)9-4-5-10(13(17)12(9)16)22-11(6-7-18)15(20)21/h4-5,11,18H,2-3,6-7H2,1H3,(H,20,21)/t11-/m0/s1. The first-order chi connectivity index (χ1) is 10.3. The second-order valence-corrected chi connectivity index (χ2v) is 5.24. The normalized spacial score (nSPS) is 11.8. The van der Waals surface area contributed by atoms with Crippen molar-refractivity contribution in [1.82, 2.24) is 0 Å². The van der Waals surface area contributed by atoms with Crippen LogP contribution in [0.3, 0.4) is 0 Å². The topological polar surface area (TPSA) is 83.8 Å². The summed E-state index contributed by atoms with van der Waals surface area (Å²) in [6.45, 7) is 5.09. The summed E-state index contributed by atoms with van der Waals surface area (Å²) in [6, 6.07) is 2.78. The molecule has 1 aromatic carbocycles. The predicted octanol–water partition coefficient (Wildman–Crippen LogP) is 3.36. The Morgan fingerprint density at radius 2 is 1.95 bits per heavy atom. The fraction of sp³-hybridized carbons (Fsp3) is 0.333. The number of aliphatic carboxylic acids is 1. The number of halogens is 2. The Kier molecular flexibility index (Phi) is 6.87. The quantitative estimate of drug-likeness (QED) is 0.557. The molecule has 1 aromatic rings. The number of benzene rings is 1. The molecule has 0 radical (unpaired) electrons. The van der Waals surface area contributed by atoms with Crippen LogP contribution in [0, 0.1) is 0 Å². The van der Waals surface area contributed by atoms with Crippen molar-refractivity contribution in [3.8, 4) is 5.75 Å². The first-order valence-corrected chi connectivity index (χ1v) is 7.29. The number of rotatable bonds is 8. The van der Waals surface area contributed by atoms with Crippen LogP contribution in [0.15, 0.2) is 24.3 Å². The minimum atomic E-state index is -1.26. The number of carboxylic acids is 1. The first-order valence-electron chi connectivity index (χ1n) is 6.54. The second kappa shape index (κ2) is 8.17. The number of Topliss-reactive ketones (excluding diaryl/α,β-unsaturated/α-hetero) is 1. The summed E-state index contributed by atoms with van der Waals surface area (Å²) in [7, 11) is 0. The number of allylic oxidation sites excluding steroid dienone is 1. The van der Waals surface area contributed by atoms with Gasteiger partial charge in [-0.2, -0.15) is 0 Å². The Morgan fingerprint density at radius 1 is 1.32 bits per heavy atom. The maximum atomic E-state index is 12.1. The minimum Gasteiger partial charge on any atom is -0.479 e. The molecule has 5 nitrogen and oxygen atoms in total. The highest BCUT2D eigenvalue weighted by atomic mass is 35.5. The van der Waals surface area contributed by atoms with Crippen LogP contribution < -0.4 is 4.74 Å². The Hall–Kier alpha value is -1.56. The van der Waals surface area contributed by atoms with E-state index in [-0.39, 0.29) is 40.2 Å². The van der Waals surface area contributed by atoms with Crippen LogP contribution in [0.1, 0.15) is 30.1 Å². The lowest BCUT2D eigenvalue weighted by Gasteiger charge is -2.16. The van der Waals surface area contributed by atoms with E-state index in [1.54, 1.807) is 6.92 Å². The number of ketones is 1. The van der Waals surface area contributed by atoms with Gasteiger partial charge in [-0.3, -0.25) is 4.79 Å². The van der Waals surface area contributed by atoms with Crippen LogP contribution in [0.5, 0.6) is 5.75 Å². The lowest BCUT2D eigenvalue weighted by Crippen LogP contribution is -2.28. The molecule has 0 bridgehead atoms. The summed E-state index contributed by atoms with van der Waals surface area (Å²) in [4.78, 5) is 23.1. The van der Waals surface area contributed by atoms with E-state index in [4.69, 9.17) is 38.2 Å². The van der Waals surface area contributed by atoms with Gasteiger partial charge in [0.25, 0.3) is 0 Å². The molecule has 0 amide bonds. The third kappa shape index (κ3) is 4.22. The van der Waals surface area contributed by atoms with Crippen LogP contribution in [-0.4, -0.2) is 34.7 Å². The molecule has 0 heterocycles. The molecule has 0 aliphatic carbocycles. The van der Waals surface area contributed by atoms with E-state index in [0.29, 0.717) is 12.0 Å². The second-order valence-electron chi connectivity index (χ2n) is 4.48. The van der Waals surface area contributed by atoms with Crippen LogP contribution in [0.2, 0.25) is 10.0 Å². The molecule has 0 unspecified atom stereocenters. The van der Waals surface area contributed by atoms with Gasteiger partial charge in [0.2, 0.25) is 0 Å². The lowest BCUT2D eigenvalue weighted by molar-refractivity contribution is -0.145. The third-order valence-corrected chi connectivity index (χ3v) is 3.84. The molecular weight excluding hydrogens is 331 g/mol. The van der Waals surface area contributed by atoms with E-state index in [9.17, 15) is 9.59 Å². The zero-order valence-corrected chi connectivity index (χ0v) is 13.4. The van der Waals surface area contributed by atoms with Gasteiger partial charge in [0.1, 0.15) is 10.8 Å². The summed E-state index contributed by atoms with van der Waals surface area (Å²) < 4.78 is 5.24. The van der Waals surface area contributed by atoms with Crippen molar-refractivity contribution in [3.63, 3.8) is 0 Å². The number of aliphatic hydroxyl groups excluding tert-OH is 1. The Bertz CT molecular complexity index is 598. The van der Waals surface area contributed by atoms with Crippen molar-refractivity contribution in [2.24, 2.45) is 0 Å². The molecule has 2 N–H and O–H groups in total. The Morgan fingerprint density at radius 3 is 2.45 bits per heavy atom. The fourth-order valence-corrected chi connectivity index (χ4v) is 2.10. The number of carbonyl (C=O) groups excluding carboxylic acids is 1. The van der Waals surface area contributed by atoms with Crippen molar-refractivity contribution in [2.75, 3.05) is 6.61 Å². The van der Waals surface area contributed by atoms with Gasteiger partial charge in [0.15, 0.2) is 11.9 Å². The van der Waals surface area contributed by atoms with E-state index in [0.717, 1.165) is 0 Å². The highest BCUT2D eigenvalue weighted by Gasteiger charge is 2.23. The van der Waals surface area contributed by atoms with Gasteiger partial charge in [-0.05, 0) is 24.1 Å². The van der Waals surface area contributed by atoms with Gasteiger partial charge in [0.05, 0.1) is 5.02 Å². The maximum absolute atomic E-state index is 12.1. The molecule has 1 rings (SSSR count). The van der Waals surface area contributed by atoms with Crippen LogP contribution in [0.4, 0.5) is 0 Å². The lowest BCUT2D eigenvalue weighted by atomic mass is 10.0. The molecule has 0 fully saturated rings. The average Bonchev–Trinajstić information content (AvgIpc) is 2.49. The van der Waals surface area contributed by atoms with Crippen molar-refractivity contribution in [2.45, 2.75) is 25.9 Å². The van der Waals surface area contributed by atoms with E-state index in [1.165, 1.54) is 12.1 Å². The molecule has 22 heavy (non-hydrogen) atoms. The Balaban J connectivity index is 3.11. The molecular formula is C15H16Cl2O5. The summed E-state index contributed by atoms with van der Waals surface area (Å²) in [5, 5.41) is 17.8. The van der Waals surface area contributed by atoms with Crippen molar-refractivity contribution in [3.05, 3.63) is 39.9 Å².